The van der Waals surface area contributed by atoms with Crippen molar-refractivity contribution in [1.29, 1.82) is 0 Å². The third-order valence-electron chi connectivity index (χ3n) is 4.14. The standard InChI is InChI=1S/C18H34O3/c1-2-3-8-11-16(20)13-14-18-17(21-18)12-9-6-4-5-7-10-15-19/h13-14,16-20H,2-12,15H2,1H3/b14-13+. The Morgan fingerprint density at radius 2 is 1.71 bits per heavy atom. The van der Waals surface area contributed by atoms with E-state index in [1.54, 1.807) is 0 Å². The molecule has 3 heteroatoms. The fourth-order valence-electron chi connectivity index (χ4n) is 2.66. The summed E-state index contributed by atoms with van der Waals surface area (Å²) in [5.74, 6) is 0. The van der Waals surface area contributed by atoms with Crippen molar-refractivity contribution in [3.05, 3.63) is 12.2 Å². The SMILES string of the molecule is CCCCCC(O)/C=C/C1OC1CCCCCCCCO. The topological polar surface area (TPSA) is 53.0 Å². The summed E-state index contributed by atoms with van der Waals surface area (Å²) in [6.45, 7) is 2.51. The van der Waals surface area contributed by atoms with Crippen molar-refractivity contribution in [3.63, 3.8) is 0 Å². The van der Waals surface area contributed by atoms with Crippen LogP contribution < -0.4 is 0 Å². The molecule has 3 unspecified atom stereocenters. The van der Waals surface area contributed by atoms with Gasteiger partial charge >= 0.3 is 0 Å². The number of unbranched alkanes of at least 4 members (excludes halogenated alkanes) is 7. The van der Waals surface area contributed by atoms with E-state index < -0.39 is 0 Å². The quantitative estimate of drug-likeness (QED) is 0.290. The van der Waals surface area contributed by atoms with Crippen LogP contribution in [-0.2, 0) is 4.74 Å². The van der Waals surface area contributed by atoms with Crippen LogP contribution in [0, 0.1) is 0 Å². The predicted molar refractivity (Wildman–Crippen MR) is 87.4 cm³/mol. The summed E-state index contributed by atoms with van der Waals surface area (Å²) in [6, 6.07) is 0. The first-order valence-electron chi connectivity index (χ1n) is 8.90. The zero-order valence-electron chi connectivity index (χ0n) is 13.7. The van der Waals surface area contributed by atoms with Gasteiger partial charge in [0.05, 0.1) is 12.2 Å². The van der Waals surface area contributed by atoms with Crippen molar-refractivity contribution in [1.82, 2.24) is 0 Å². The second-order valence-corrected chi connectivity index (χ2v) is 6.22. The molecule has 0 bridgehead atoms. The molecule has 2 N–H and O–H groups in total. The second-order valence-electron chi connectivity index (χ2n) is 6.22. The summed E-state index contributed by atoms with van der Waals surface area (Å²) < 4.78 is 5.61. The summed E-state index contributed by atoms with van der Waals surface area (Å²) in [6.07, 6.45) is 16.9. The summed E-state index contributed by atoms with van der Waals surface area (Å²) in [7, 11) is 0. The Bertz CT molecular complexity index is 265. The van der Waals surface area contributed by atoms with E-state index in [1.165, 1.54) is 38.5 Å². The lowest BCUT2D eigenvalue weighted by molar-refractivity contribution is 0.207. The van der Waals surface area contributed by atoms with Crippen LogP contribution in [0.25, 0.3) is 0 Å². The summed E-state index contributed by atoms with van der Waals surface area (Å²) >= 11 is 0. The first-order chi connectivity index (χ1) is 10.3. The average Bonchev–Trinajstić information content (AvgIpc) is 3.23. The minimum atomic E-state index is -0.298. The Morgan fingerprint density at radius 1 is 1.00 bits per heavy atom. The van der Waals surface area contributed by atoms with E-state index in [-0.39, 0.29) is 12.2 Å². The molecular weight excluding hydrogens is 264 g/mol. The van der Waals surface area contributed by atoms with Crippen LogP contribution in [0.15, 0.2) is 12.2 Å². The molecule has 1 heterocycles. The van der Waals surface area contributed by atoms with Gasteiger partial charge in [0, 0.05) is 6.61 Å². The molecule has 3 atom stereocenters. The van der Waals surface area contributed by atoms with E-state index in [4.69, 9.17) is 9.84 Å². The van der Waals surface area contributed by atoms with E-state index >= 15 is 0 Å². The van der Waals surface area contributed by atoms with Crippen molar-refractivity contribution < 1.29 is 14.9 Å². The Labute approximate surface area is 130 Å². The van der Waals surface area contributed by atoms with Crippen LogP contribution in [0.5, 0.6) is 0 Å². The molecule has 21 heavy (non-hydrogen) atoms. The third kappa shape index (κ3) is 10.0. The van der Waals surface area contributed by atoms with Gasteiger partial charge < -0.3 is 14.9 Å². The number of hydrogen-bond acceptors (Lipinski definition) is 3. The first-order valence-corrected chi connectivity index (χ1v) is 8.90. The van der Waals surface area contributed by atoms with Crippen LogP contribution in [0.3, 0.4) is 0 Å². The molecule has 0 aromatic rings. The molecule has 0 saturated carbocycles. The van der Waals surface area contributed by atoms with E-state index in [1.807, 2.05) is 12.2 Å². The normalized spacial score (nSPS) is 22.8. The van der Waals surface area contributed by atoms with E-state index in [0.29, 0.717) is 12.7 Å². The molecule has 1 aliphatic heterocycles. The van der Waals surface area contributed by atoms with Gasteiger partial charge in [-0.2, -0.15) is 0 Å². The van der Waals surface area contributed by atoms with Crippen LogP contribution in [0.2, 0.25) is 0 Å². The minimum absolute atomic E-state index is 0.250. The van der Waals surface area contributed by atoms with Crippen molar-refractivity contribution in [3.8, 4) is 0 Å². The highest BCUT2D eigenvalue weighted by Gasteiger charge is 2.35. The van der Waals surface area contributed by atoms with Crippen molar-refractivity contribution >= 4 is 0 Å². The maximum absolute atomic E-state index is 9.80. The molecule has 1 fully saturated rings. The Balaban J connectivity index is 1.91. The number of epoxide rings is 1. The first kappa shape index (κ1) is 18.7. The number of hydrogen-bond donors (Lipinski definition) is 2. The molecule has 0 aromatic carbocycles. The number of ether oxygens (including phenoxy) is 1. The molecule has 0 spiro atoms. The monoisotopic (exact) mass is 298 g/mol. The lowest BCUT2D eigenvalue weighted by Crippen LogP contribution is -2.02. The second kappa shape index (κ2) is 12.2. The largest absolute Gasteiger partial charge is 0.396 e. The van der Waals surface area contributed by atoms with Crippen molar-refractivity contribution in [2.24, 2.45) is 0 Å². The molecule has 124 valence electrons. The average molecular weight is 298 g/mol. The van der Waals surface area contributed by atoms with Gasteiger partial charge in [0.1, 0.15) is 6.10 Å². The van der Waals surface area contributed by atoms with E-state index in [0.717, 1.165) is 32.1 Å². The molecule has 0 amide bonds. The van der Waals surface area contributed by atoms with Gasteiger partial charge in [-0.1, -0.05) is 70.4 Å². The Hall–Kier alpha value is -0.380. The molecule has 0 aromatic heterocycles. The number of aliphatic hydroxyl groups is 2. The van der Waals surface area contributed by atoms with Crippen LogP contribution >= 0.6 is 0 Å². The van der Waals surface area contributed by atoms with Gasteiger partial charge in [0.2, 0.25) is 0 Å². The smallest absolute Gasteiger partial charge is 0.102 e. The zero-order chi connectivity index (χ0) is 15.3. The van der Waals surface area contributed by atoms with Gasteiger partial charge in [-0.15, -0.1) is 0 Å². The fraction of sp³-hybridized carbons (Fsp3) is 0.889. The van der Waals surface area contributed by atoms with Crippen LogP contribution in [0.1, 0.15) is 77.6 Å². The van der Waals surface area contributed by atoms with Gasteiger partial charge in [-0.3, -0.25) is 0 Å². The van der Waals surface area contributed by atoms with Gasteiger partial charge in [-0.05, 0) is 19.3 Å². The van der Waals surface area contributed by atoms with Gasteiger partial charge in [0.15, 0.2) is 0 Å². The van der Waals surface area contributed by atoms with E-state index in [9.17, 15) is 5.11 Å². The van der Waals surface area contributed by atoms with E-state index in [2.05, 4.69) is 6.92 Å². The predicted octanol–water partition coefficient (Wildman–Crippen LogP) is 3.97. The third-order valence-corrected chi connectivity index (χ3v) is 4.14. The summed E-state index contributed by atoms with van der Waals surface area (Å²) in [4.78, 5) is 0. The molecular formula is C18H34O3. The lowest BCUT2D eigenvalue weighted by atomic mass is 10.1. The highest BCUT2D eigenvalue weighted by Crippen LogP contribution is 2.29. The molecule has 3 nitrogen and oxygen atoms in total. The van der Waals surface area contributed by atoms with Gasteiger partial charge in [-0.25, -0.2) is 0 Å². The molecule has 1 aliphatic rings. The number of rotatable bonds is 14. The van der Waals surface area contributed by atoms with Crippen molar-refractivity contribution in [2.75, 3.05) is 6.61 Å². The maximum atomic E-state index is 9.80. The Kier molecular flexibility index (Phi) is 10.8. The number of aliphatic hydroxyl groups excluding tert-OH is 2. The lowest BCUT2D eigenvalue weighted by Gasteiger charge is -2.03. The molecule has 0 radical (unpaired) electrons. The van der Waals surface area contributed by atoms with Crippen LogP contribution in [0.4, 0.5) is 0 Å². The highest BCUT2D eigenvalue weighted by molar-refractivity contribution is 5.04. The fourth-order valence-corrected chi connectivity index (χ4v) is 2.66. The van der Waals surface area contributed by atoms with Crippen molar-refractivity contribution in [2.45, 2.75) is 95.9 Å². The van der Waals surface area contributed by atoms with Crippen LogP contribution in [-0.4, -0.2) is 35.1 Å². The Morgan fingerprint density at radius 3 is 2.43 bits per heavy atom. The highest BCUT2D eigenvalue weighted by atomic mass is 16.6. The molecule has 0 aliphatic carbocycles. The molecule has 1 saturated heterocycles. The minimum Gasteiger partial charge on any atom is -0.396 e. The molecule has 1 rings (SSSR count). The maximum Gasteiger partial charge on any atom is 0.102 e. The summed E-state index contributed by atoms with van der Waals surface area (Å²) in [5.41, 5.74) is 0. The summed E-state index contributed by atoms with van der Waals surface area (Å²) in [5, 5.41) is 18.5. The van der Waals surface area contributed by atoms with Gasteiger partial charge in [0.25, 0.3) is 0 Å². The zero-order valence-corrected chi connectivity index (χ0v) is 13.7.